The predicted octanol–water partition coefficient (Wildman–Crippen LogP) is 5.13. The number of carbonyl (C=O) groups excluding carboxylic acids is 1. The molecule has 1 aromatic rings. The molecule has 1 amide bonds. The first-order valence-electron chi connectivity index (χ1n) is 8.17. The minimum atomic E-state index is -1.76. The lowest BCUT2D eigenvalue weighted by atomic mass is 9.92. The highest BCUT2D eigenvalue weighted by Gasteiger charge is 2.36. The summed E-state index contributed by atoms with van der Waals surface area (Å²) in [6, 6.07) is 3.84. The molecule has 0 fully saturated rings. The fraction of sp³-hybridized carbons (Fsp3) is 0.611. The van der Waals surface area contributed by atoms with Crippen molar-refractivity contribution in [3.8, 4) is 0 Å². The summed E-state index contributed by atoms with van der Waals surface area (Å²) in [7, 11) is -0.108. The minimum absolute atomic E-state index is 0.0609. The van der Waals surface area contributed by atoms with E-state index in [4.69, 9.17) is 16.3 Å². The van der Waals surface area contributed by atoms with Crippen molar-refractivity contribution < 1.29 is 9.53 Å². The van der Waals surface area contributed by atoms with Crippen LogP contribution in [-0.2, 0) is 4.74 Å². The van der Waals surface area contributed by atoms with E-state index in [-0.39, 0.29) is 17.6 Å². The molecule has 0 spiro atoms. The van der Waals surface area contributed by atoms with Crippen LogP contribution in [0.3, 0.4) is 0 Å². The van der Waals surface area contributed by atoms with Crippen LogP contribution >= 0.6 is 27.5 Å². The molecule has 24 heavy (non-hydrogen) atoms. The van der Waals surface area contributed by atoms with E-state index in [2.05, 4.69) is 56.3 Å². The van der Waals surface area contributed by atoms with Gasteiger partial charge in [-0.3, -0.25) is 4.79 Å². The molecule has 6 heteroatoms. The second-order valence-electron chi connectivity index (χ2n) is 8.11. The van der Waals surface area contributed by atoms with Gasteiger partial charge in [-0.2, -0.15) is 0 Å². The molecule has 1 atom stereocenters. The molecule has 0 saturated heterocycles. The van der Waals surface area contributed by atoms with Crippen LogP contribution in [0.2, 0.25) is 24.7 Å². The number of ether oxygens (including phenoxy) is 1. The number of hydrogen-bond donors (Lipinski definition) is 0. The maximum Gasteiger partial charge on any atom is 0.257 e. The molecule has 0 aliphatic rings. The summed E-state index contributed by atoms with van der Waals surface area (Å²) in [5.41, 5.74) is 0.425. The molecule has 0 bridgehead atoms. The van der Waals surface area contributed by atoms with Crippen LogP contribution in [0.5, 0.6) is 0 Å². The van der Waals surface area contributed by atoms with Crippen molar-refractivity contribution in [2.45, 2.75) is 53.6 Å². The average molecular weight is 435 g/mol. The Morgan fingerprint density at radius 1 is 1.33 bits per heavy atom. The van der Waals surface area contributed by atoms with Gasteiger partial charge in [0, 0.05) is 23.5 Å². The van der Waals surface area contributed by atoms with E-state index in [1.54, 1.807) is 18.1 Å². The van der Waals surface area contributed by atoms with E-state index in [1.165, 1.54) is 0 Å². The summed E-state index contributed by atoms with van der Waals surface area (Å²) in [6.07, 6.45) is -0.316. The summed E-state index contributed by atoms with van der Waals surface area (Å²) >= 11 is 10.0. The van der Waals surface area contributed by atoms with Crippen LogP contribution in [0, 0.1) is 5.41 Å². The number of methoxy groups -OCH3 is 1. The zero-order chi connectivity index (χ0) is 18.9. The third-order valence-corrected chi connectivity index (χ3v) is 6.69. The molecule has 0 saturated carbocycles. The Kier molecular flexibility index (Phi) is 7.13. The summed E-state index contributed by atoms with van der Waals surface area (Å²) in [4.78, 5) is 15.2. The van der Waals surface area contributed by atoms with Gasteiger partial charge in [-0.15, -0.1) is 0 Å². The van der Waals surface area contributed by atoms with Gasteiger partial charge in [0.05, 0.1) is 18.7 Å². The van der Waals surface area contributed by atoms with Crippen molar-refractivity contribution in [1.82, 2.24) is 4.90 Å². The molecule has 1 unspecified atom stereocenters. The standard InChI is InChI=1S/C18H29BrClNO2Si/c1-9-21(17(23-5)18(2,3)4)16(22)15-13(20)10-12(19)11-14(15)24(6,7)8/h10-11,17H,9H2,1-8H3. The summed E-state index contributed by atoms with van der Waals surface area (Å²) < 4.78 is 6.57. The first-order valence-corrected chi connectivity index (χ1v) is 12.8. The van der Waals surface area contributed by atoms with Gasteiger partial charge in [-0.25, -0.2) is 0 Å². The Hall–Kier alpha value is -0.363. The molecular formula is C18H29BrClNO2Si. The van der Waals surface area contributed by atoms with Gasteiger partial charge < -0.3 is 9.64 Å². The smallest absolute Gasteiger partial charge is 0.257 e. The summed E-state index contributed by atoms with van der Waals surface area (Å²) in [6.45, 7) is 15.4. The Bertz CT molecular complexity index is 608. The fourth-order valence-electron chi connectivity index (χ4n) is 2.89. The number of amides is 1. The Balaban J connectivity index is 3.51. The third kappa shape index (κ3) is 4.84. The van der Waals surface area contributed by atoms with E-state index >= 15 is 0 Å². The van der Waals surface area contributed by atoms with Crippen molar-refractivity contribution in [2.75, 3.05) is 13.7 Å². The van der Waals surface area contributed by atoms with Gasteiger partial charge in [0.25, 0.3) is 5.91 Å². The van der Waals surface area contributed by atoms with Crippen LogP contribution in [0.25, 0.3) is 0 Å². The topological polar surface area (TPSA) is 29.5 Å². The highest BCUT2D eigenvalue weighted by Crippen LogP contribution is 2.29. The lowest BCUT2D eigenvalue weighted by Gasteiger charge is -2.39. The lowest BCUT2D eigenvalue weighted by Crippen LogP contribution is -2.51. The SMILES string of the molecule is CCN(C(=O)c1c(Cl)cc(Br)cc1[Si](C)(C)C)C(OC)C(C)(C)C. The third-order valence-electron chi connectivity index (χ3n) is 3.93. The van der Waals surface area contributed by atoms with Gasteiger partial charge in [-0.1, -0.05) is 67.9 Å². The van der Waals surface area contributed by atoms with Crippen LogP contribution in [0.15, 0.2) is 16.6 Å². The summed E-state index contributed by atoms with van der Waals surface area (Å²) in [5.74, 6) is -0.0609. The molecule has 1 rings (SSSR count). The van der Waals surface area contributed by atoms with Crippen LogP contribution in [0.4, 0.5) is 0 Å². The Morgan fingerprint density at radius 2 is 1.88 bits per heavy atom. The lowest BCUT2D eigenvalue weighted by molar-refractivity contribution is -0.0792. The highest BCUT2D eigenvalue weighted by atomic mass is 79.9. The van der Waals surface area contributed by atoms with Crippen LogP contribution in [-0.4, -0.2) is 38.8 Å². The fourth-order valence-corrected chi connectivity index (χ4v) is 5.65. The molecule has 3 nitrogen and oxygen atoms in total. The molecular weight excluding hydrogens is 406 g/mol. The van der Waals surface area contributed by atoms with Crippen molar-refractivity contribution in [1.29, 1.82) is 0 Å². The monoisotopic (exact) mass is 433 g/mol. The number of hydrogen-bond acceptors (Lipinski definition) is 2. The molecule has 136 valence electrons. The number of rotatable bonds is 5. The number of carbonyl (C=O) groups is 1. The molecule has 0 aliphatic carbocycles. The van der Waals surface area contributed by atoms with Gasteiger partial charge in [0.1, 0.15) is 6.23 Å². The number of nitrogens with zero attached hydrogens (tertiary/aromatic N) is 1. The van der Waals surface area contributed by atoms with Gasteiger partial charge >= 0.3 is 0 Å². The van der Waals surface area contributed by atoms with Crippen molar-refractivity contribution in [2.24, 2.45) is 5.41 Å². The first kappa shape index (κ1) is 21.7. The molecule has 1 aromatic carbocycles. The zero-order valence-electron chi connectivity index (χ0n) is 16.0. The van der Waals surface area contributed by atoms with Crippen molar-refractivity contribution >= 4 is 46.7 Å². The quantitative estimate of drug-likeness (QED) is 0.475. The zero-order valence-corrected chi connectivity index (χ0v) is 19.3. The second-order valence-corrected chi connectivity index (χ2v) is 14.5. The normalized spacial score (nSPS) is 13.8. The number of halogens is 2. The van der Waals surface area contributed by atoms with Crippen molar-refractivity contribution in [3.63, 3.8) is 0 Å². The van der Waals surface area contributed by atoms with Crippen LogP contribution in [0.1, 0.15) is 38.1 Å². The Labute approximate surface area is 160 Å². The van der Waals surface area contributed by atoms with E-state index < -0.39 is 8.07 Å². The molecule has 0 N–H and O–H groups in total. The van der Waals surface area contributed by atoms with Gasteiger partial charge in [0.2, 0.25) is 0 Å². The van der Waals surface area contributed by atoms with Gasteiger partial charge in [-0.05, 0) is 24.2 Å². The minimum Gasteiger partial charge on any atom is -0.361 e. The van der Waals surface area contributed by atoms with E-state index in [1.807, 2.05) is 13.0 Å². The van der Waals surface area contributed by atoms with E-state index in [9.17, 15) is 4.79 Å². The predicted molar refractivity (Wildman–Crippen MR) is 109 cm³/mol. The molecule has 0 aromatic heterocycles. The van der Waals surface area contributed by atoms with Crippen molar-refractivity contribution in [3.05, 3.63) is 27.2 Å². The molecule has 0 radical (unpaired) electrons. The maximum atomic E-state index is 13.4. The Morgan fingerprint density at radius 3 is 2.25 bits per heavy atom. The van der Waals surface area contributed by atoms with E-state index in [0.717, 1.165) is 9.66 Å². The molecule has 0 heterocycles. The molecule has 0 aliphatic heterocycles. The largest absolute Gasteiger partial charge is 0.361 e. The second kappa shape index (κ2) is 7.90. The maximum absolute atomic E-state index is 13.4. The van der Waals surface area contributed by atoms with Gasteiger partial charge in [0.15, 0.2) is 0 Å². The van der Waals surface area contributed by atoms with Crippen LogP contribution < -0.4 is 5.19 Å². The average Bonchev–Trinajstić information content (AvgIpc) is 2.40. The first-order chi connectivity index (χ1) is 10.8. The number of benzene rings is 1. The van der Waals surface area contributed by atoms with E-state index in [0.29, 0.717) is 17.1 Å². The highest BCUT2D eigenvalue weighted by molar-refractivity contribution is 9.10. The summed E-state index contributed by atoms with van der Waals surface area (Å²) in [5, 5.41) is 1.56.